The van der Waals surface area contributed by atoms with Gasteiger partial charge in [-0.15, -0.1) is 0 Å². The molecule has 0 radical (unpaired) electrons. The van der Waals surface area contributed by atoms with Crippen molar-refractivity contribution in [3.63, 3.8) is 0 Å². The molecular formula is C18H13NO. The summed E-state index contributed by atoms with van der Waals surface area (Å²) < 4.78 is 5.90. The number of ether oxygens (including phenoxy) is 1. The summed E-state index contributed by atoms with van der Waals surface area (Å²) in [6, 6.07) is 23.8. The Labute approximate surface area is 117 Å². The monoisotopic (exact) mass is 259 g/mol. The normalized spacial score (nSPS) is 10.2. The molecule has 0 aliphatic heterocycles. The first kappa shape index (κ1) is 12.3. The summed E-state index contributed by atoms with van der Waals surface area (Å²) in [5.74, 6) is 0.843. The Morgan fingerprint density at radius 2 is 1.60 bits per heavy atom. The van der Waals surface area contributed by atoms with Crippen molar-refractivity contribution >= 4 is 10.8 Å². The quantitative estimate of drug-likeness (QED) is 0.703. The van der Waals surface area contributed by atoms with Gasteiger partial charge in [-0.05, 0) is 17.5 Å². The largest absolute Gasteiger partial charge is 0.488 e. The Kier molecular flexibility index (Phi) is 3.34. The van der Waals surface area contributed by atoms with Gasteiger partial charge in [-0.2, -0.15) is 5.26 Å². The molecule has 20 heavy (non-hydrogen) atoms. The summed E-state index contributed by atoms with van der Waals surface area (Å²) in [5, 5.41) is 11.3. The number of nitrogens with zero attached hydrogens (tertiary/aromatic N) is 1. The van der Waals surface area contributed by atoms with Crippen molar-refractivity contribution in [2.24, 2.45) is 0 Å². The van der Waals surface area contributed by atoms with Gasteiger partial charge in [0.2, 0.25) is 0 Å². The number of hydrogen-bond donors (Lipinski definition) is 0. The van der Waals surface area contributed by atoms with Crippen LogP contribution < -0.4 is 4.74 Å². The minimum atomic E-state index is 0.401. The Bertz CT molecular complexity index is 781. The molecule has 0 spiro atoms. The highest BCUT2D eigenvalue weighted by Gasteiger charge is 2.04. The van der Waals surface area contributed by atoms with Crippen molar-refractivity contribution in [2.75, 3.05) is 0 Å². The molecular weight excluding hydrogens is 246 g/mol. The maximum Gasteiger partial charge on any atom is 0.127 e. The second-order valence-electron chi connectivity index (χ2n) is 4.53. The molecule has 3 aromatic carbocycles. The Morgan fingerprint density at radius 3 is 2.50 bits per heavy atom. The molecule has 96 valence electrons. The number of hydrogen-bond acceptors (Lipinski definition) is 2. The van der Waals surface area contributed by atoms with E-state index in [1.165, 1.54) is 0 Å². The highest BCUT2D eigenvalue weighted by Crippen LogP contribution is 2.26. The molecule has 0 fully saturated rings. The van der Waals surface area contributed by atoms with Crippen LogP contribution in [0.3, 0.4) is 0 Å². The summed E-state index contributed by atoms with van der Waals surface area (Å²) >= 11 is 0. The molecule has 3 rings (SSSR count). The van der Waals surface area contributed by atoms with E-state index in [1.807, 2.05) is 54.6 Å². The highest BCUT2D eigenvalue weighted by molar-refractivity contribution is 5.88. The van der Waals surface area contributed by atoms with Crippen LogP contribution in [-0.4, -0.2) is 0 Å². The van der Waals surface area contributed by atoms with E-state index in [0.717, 1.165) is 22.1 Å². The van der Waals surface area contributed by atoms with Crippen LogP contribution >= 0.6 is 0 Å². The Balaban J connectivity index is 1.89. The molecule has 0 aliphatic carbocycles. The maximum atomic E-state index is 9.08. The molecule has 0 unspecified atom stereocenters. The van der Waals surface area contributed by atoms with Gasteiger partial charge >= 0.3 is 0 Å². The zero-order valence-corrected chi connectivity index (χ0v) is 10.9. The smallest absolute Gasteiger partial charge is 0.127 e. The summed E-state index contributed by atoms with van der Waals surface area (Å²) in [7, 11) is 0. The van der Waals surface area contributed by atoms with Gasteiger partial charge in [0.05, 0.1) is 11.6 Å². The first-order valence-corrected chi connectivity index (χ1v) is 6.47. The average Bonchev–Trinajstić information content (AvgIpc) is 2.53. The van der Waals surface area contributed by atoms with Crippen LogP contribution in [0, 0.1) is 11.3 Å². The van der Waals surface area contributed by atoms with Gasteiger partial charge in [-0.3, -0.25) is 0 Å². The van der Waals surface area contributed by atoms with Gasteiger partial charge in [0, 0.05) is 10.9 Å². The van der Waals surface area contributed by atoms with Crippen molar-refractivity contribution < 1.29 is 4.74 Å². The zero-order chi connectivity index (χ0) is 13.8. The molecule has 0 heterocycles. The van der Waals surface area contributed by atoms with Gasteiger partial charge in [-0.25, -0.2) is 0 Å². The molecule has 0 saturated carbocycles. The molecule has 3 aromatic rings. The Morgan fingerprint density at radius 1 is 0.850 bits per heavy atom. The van der Waals surface area contributed by atoms with E-state index >= 15 is 0 Å². The fourth-order valence-corrected chi connectivity index (χ4v) is 2.23. The van der Waals surface area contributed by atoms with Crippen LogP contribution in [0.5, 0.6) is 5.75 Å². The first-order valence-electron chi connectivity index (χ1n) is 6.47. The molecule has 0 saturated heterocycles. The summed E-state index contributed by atoms with van der Waals surface area (Å²) in [6.45, 7) is 0.401. The first-order chi connectivity index (χ1) is 9.88. The number of rotatable bonds is 3. The number of benzene rings is 3. The number of nitriles is 1. The fraction of sp³-hybridized carbons (Fsp3) is 0.0556. The third-order valence-electron chi connectivity index (χ3n) is 3.27. The lowest BCUT2D eigenvalue weighted by Gasteiger charge is -2.10. The molecule has 0 aromatic heterocycles. The van der Waals surface area contributed by atoms with E-state index in [4.69, 9.17) is 10.00 Å². The lowest BCUT2D eigenvalue weighted by molar-refractivity contribution is 0.309. The van der Waals surface area contributed by atoms with Gasteiger partial charge in [0.15, 0.2) is 0 Å². The minimum Gasteiger partial charge on any atom is -0.488 e. The second-order valence-corrected chi connectivity index (χ2v) is 4.53. The average molecular weight is 259 g/mol. The standard InChI is InChI=1S/C18H13NO/c19-12-15-7-1-2-8-16(15)13-20-18-11-5-9-14-6-3-4-10-17(14)18/h1-11H,13H2. The highest BCUT2D eigenvalue weighted by atomic mass is 16.5. The SMILES string of the molecule is N#Cc1ccccc1COc1cccc2ccccc12. The van der Waals surface area contributed by atoms with Crippen molar-refractivity contribution in [2.45, 2.75) is 6.61 Å². The third-order valence-corrected chi connectivity index (χ3v) is 3.27. The predicted molar refractivity (Wildman–Crippen MR) is 79.4 cm³/mol. The van der Waals surface area contributed by atoms with E-state index < -0.39 is 0 Å². The van der Waals surface area contributed by atoms with Crippen LogP contribution in [0.4, 0.5) is 0 Å². The predicted octanol–water partition coefficient (Wildman–Crippen LogP) is 4.29. The molecule has 0 atom stereocenters. The summed E-state index contributed by atoms with van der Waals surface area (Å²) in [4.78, 5) is 0. The van der Waals surface area contributed by atoms with E-state index in [0.29, 0.717) is 12.2 Å². The van der Waals surface area contributed by atoms with E-state index in [-0.39, 0.29) is 0 Å². The molecule has 0 amide bonds. The lowest BCUT2D eigenvalue weighted by Crippen LogP contribution is -1.98. The molecule has 0 aliphatic rings. The molecule has 2 nitrogen and oxygen atoms in total. The van der Waals surface area contributed by atoms with Crippen LogP contribution in [0.2, 0.25) is 0 Å². The summed E-state index contributed by atoms with van der Waals surface area (Å²) in [5.41, 5.74) is 1.57. The van der Waals surface area contributed by atoms with Gasteiger partial charge in [0.1, 0.15) is 12.4 Å². The van der Waals surface area contributed by atoms with Gasteiger partial charge in [-0.1, -0.05) is 54.6 Å². The Hall–Kier alpha value is -2.79. The topological polar surface area (TPSA) is 33.0 Å². The van der Waals surface area contributed by atoms with E-state index in [1.54, 1.807) is 0 Å². The van der Waals surface area contributed by atoms with Crippen molar-refractivity contribution in [3.8, 4) is 11.8 Å². The molecule has 2 heteroatoms. The molecule has 0 N–H and O–H groups in total. The lowest BCUT2D eigenvalue weighted by atomic mass is 10.1. The third kappa shape index (κ3) is 2.34. The number of fused-ring (bicyclic) bond motifs is 1. The van der Waals surface area contributed by atoms with Gasteiger partial charge in [0.25, 0.3) is 0 Å². The second kappa shape index (κ2) is 5.46. The fourth-order valence-electron chi connectivity index (χ4n) is 2.23. The van der Waals surface area contributed by atoms with Crippen LogP contribution in [0.25, 0.3) is 10.8 Å². The van der Waals surface area contributed by atoms with E-state index in [2.05, 4.69) is 18.2 Å². The van der Waals surface area contributed by atoms with E-state index in [9.17, 15) is 0 Å². The summed E-state index contributed by atoms with van der Waals surface area (Å²) in [6.07, 6.45) is 0. The van der Waals surface area contributed by atoms with Crippen molar-refractivity contribution in [1.82, 2.24) is 0 Å². The van der Waals surface area contributed by atoms with Crippen LogP contribution in [0.15, 0.2) is 66.7 Å². The van der Waals surface area contributed by atoms with Crippen LogP contribution in [-0.2, 0) is 6.61 Å². The van der Waals surface area contributed by atoms with Crippen molar-refractivity contribution in [3.05, 3.63) is 77.9 Å². The molecule has 0 bridgehead atoms. The van der Waals surface area contributed by atoms with Crippen LogP contribution in [0.1, 0.15) is 11.1 Å². The van der Waals surface area contributed by atoms with Crippen molar-refractivity contribution in [1.29, 1.82) is 5.26 Å². The zero-order valence-electron chi connectivity index (χ0n) is 10.9. The minimum absolute atomic E-state index is 0.401. The van der Waals surface area contributed by atoms with Gasteiger partial charge < -0.3 is 4.74 Å². The maximum absolute atomic E-state index is 9.08.